The SMILES string of the molecule is Cc1ccc(CNC(=O)C2CCc3nc(-c4ccncc4)sc3C2)cc1. The molecule has 0 radical (unpaired) electrons. The lowest BCUT2D eigenvalue weighted by Crippen LogP contribution is -2.33. The van der Waals surface area contributed by atoms with Crippen molar-refractivity contribution in [2.24, 2.45) is 5.92 Å². The summed E-state index contributed by atoms with van der Waals surface area (Å²) in [6, 6.07) is 12.3. The second kappa shape index (κ2) is 7.38. The van der Waals surface area contributed by atoms with Crippen molar-refractivity contribution >= 4 is 17.2 Å². The summed E-state index contributed by atoms with van der Waals surface area (Å²) in [5, 5.41) is 4.12. The van der Waals surface area contributed by atoms with Gasteiger partial charge in [0, 0.05) is 35.3 Å². The highest BCUT2D eigenvalue weighted by atomic mass is 32.1. The molecule has 1 N–H and O–H groups in total. The number of rotatable bonds is 4. The number of amides is 1. The zero-order chi connectivity index (χ0) is 17.9. The zero-order valence-electron chi connectivity index (χ0n) is 14.7. The normalized spacial score (nSPS) is 16.1. The standard InChI is InChI=1S/C21H21N3OS/c1-14-2-4-15(5-3-14)13-23-20(25)17-6-7-18-19(12-17)26-21(24-18)16-8-10-22-11-9-16/h2-5,8-11,17H,6-7,12-13H2,1H3,(H,23,25). The topological polar surface area (TPSA) is 54.9 Å². The van der Waals surface area contributed by atoms with E-state index in [0.29, 0.717) is 6.54 Å². The molecule has 0 aliphatic heterocycles. The molecule has 2 aromatic heterocycles. The number of pyridine rings is 1. The van der Waals surface area contributed by atoms with Gasteiger partial charge in [0.05, 0.1) is 5.69 Å². The summed E-state index contributed by atoms with van der Waals surface area (Å²) >= 11 is 1.71. The molecule has 0 fully saturated rings. The molecular formula is C21H21N3OS. The van der Waals surface area contributed by atoms with Crippen LogP contribution >= 0.6 is 11.3 Å². The Morgan fingerprint density at radius 1 is 1.19 bits per heavy atom. The minimum absolute atomic E-state index is 0.0405. The van der Waals surface area contributed by atoms with Crippen molar-refractivity contribution in [2.45, 2.75) is 32.7 Å². The number of carbonyl (C=O) groups is 1. The van der Waals surface area contributed by atoms with Crippen LogP contribution in [0.2, 0.25) is 0 Å². The molecule has 1 atom stereocenters. The van der Waals surface area contributed by atoms with Gasteiger partial charge in [-0.3, -0.25) is 9.78 Å². The minimum Gasteiger partial charge on any atom is -0.352 e. The lowest BCUT2D eigenvalue weighted by molar-refractivity contribution is -0.125. The molecule has 3 aromatic rings. The van der Waals surface area contributed by atoms with E-state index in [1.807, 2.05) is 12.1 Å². The molecule has 26 heavy (non-hydrogen) atoms. The molecule has 0 saturated heterocycles. The molecular weight excluding hydrogens is 342 g/mol. The lowest BCUT2D eigenvalue weighted by atomic mass is 9.90. The molecule has 5 heteroatoms. The highest BCUT2D eigenvalue weighted by molar-refractivity contribution is 7.15. The van der Waals surface area contributed by atoms with E-state index in [2.05, 4.69) is 41.5 Å². The fraction of sp³-hybridized carbons (Fsp3) is 0.286. The lowest BCUT2D eigenvalue weighted by Gasteiger charge is -2.20. The van der Waals surface area contributed by atoms with Crippen LogP contribution in [0.5, 0.6) is 0 Å². The predicted molar refractivity (Wildman–Crippen MR) is 104 cm³/mol. The Bertz CT molecular complexity index is 903. The molecule has 2 heterocycles. The first-order valence-corrected chi connectivity index (χ1v) is 9.73. The molecule has 1 unspecified atom stereocenters. The van der Waals surface area contributed by atoms with Crippen LogP contribution < -0.4 is 5.32 Å². The van der Waals surface area contributed by atoms with Crippen LogP contribution in [-0.2, 0) is 24.2 Å². The smallest absolute Gasteiger partial charge is 0.223 e. The van der Waals surface area contributed by atoms with E-state index in [9.17, 15) is 4.79 Å². The van der Waals surface area contributed by atoms with Crippen LogP contribution in [0.4, 0.5) is 0 Å². The van der Waals surface area contributed by atoms with Gasteiger partial charge < -0.3 is 5.32 Å². The molecule has 1 aliphatic rings. The predicted octanol–water partition coefficient (Wildman–Crippen LogP) is 3.93. The van der Waals surface area contributed by atoms with E-state index in [1.54, 1.807) is 23.7 Å². The molecule has 4 rings (SSSR count). The van der Waals surface area contributed by atoms with Crippen LogP contribution in [-0.4, -0.2) is 15.9 Å². The summed E-state index contributed by atoms with van der Waals surface area (Å²) in [5.74, 6) is 0.189. The Kier molecular flexibility index (Phi) is 4.80. The van der Waals surface area contributed by atoms with Gasteiger partial charge in [0.25, 0.3) is 0 Å². The van der Waals surface area contributed by atoms with Crippen molar-refractivity contribution in [3.05, 3.63) is 70.5 Å². The van der Waals surface area contributed by atoms with Crippen LogP contribution in [0.3, 0.4) is 0 Å². The molecule has 1 aromatic carbocycles. The van der Waals surface area contributed by atoms with E-state index in [4.69, 9.17) is 4.98 Å². The van der Waals surface area contributed by atoms with Crippen LogP contribution in [0, 0.1) is 12.8 Å². The number of hydrogen-bond donors (Lipinski definition) is 1. The number of carbonyl (C=O) groups excluding carboxylic acids is 1. The Morgan fingerprint density at radius 3 is 2.73 bits per heavy atom. The van der Waals surface area contributed by atoms with Gasteiger partial charge in [-0.05, 0) is 43.9 Å². The third-order valence-corrected chi connectivity index (χ3v) is 5.99. The molecule has 0 saturated carbocycles. The maximum Gasteiger partial charge on any atom is 0.223 e. The number of thiazole rings is 1. The Labute approximate surface area is 157 Å². The minimum atomic E-state index is 0.0405. The Morgan fingerprint density at radius 2 is 1.96 bits per heavy atom. The Hall–Kier alpha value is -2.53. The summed E-state index contributed by atoms with van der Waals surface area (Å²) in [4.78, 5) is 22.7. The molecule has 4 nitrogen and oxygen atoms in total. The van der Waals surface area contributed by atoms with Gasteiger partial charge >= 0.3 is 0 Å². The second-order valence-corrected chi connectivity index (χ2v) is 7.85. The number of benzene rings is 1. The number of aryl methyl sites for hydroxylation is 2. The van der Waals surface area contributed by atoms with E-state index in [0.717, 1.165) is 41.1 Å². The quantitative estimate of drug-likeness (QED) is 0.764. The van der Waals surface area contributed by atoms with Gasteiger partial charge in [0.1, 0.15) is 5.01 Å². The van der Waals surface area contributed by atoms with Crippen LogP contribution in [0.25, 0.3) is 10.6 Å². The third kappa shape index (κ3) is 3.68. The van der Waals surface area contributed by atoms with Gasteiger partial charge in [0.15, 0.2) is 0 Å². The molecule has 132 valence electrons. The summed E-state index contributed by atoms with van der Waals surface area (Å²) in [7, 11) is 0. The van der Waals surface area contributed by atoms with Crippen molar-refractivity contribution in [3.63, 3.8) is 0 Å². The van der Waals surface area contributed by atoms with Crippen LogP contribution in [0.1, 0.15) is 28.1 Å². The van der Waals surface area contributed by atoms with E-state index in [-0.39, 0.29) is 11.8 Å². The first-order valence-electron chi connectivity index (χ1n) is 8.91. The summed E-state index contributed by atoms with van der Waals surface area (Å²) in [6.45, 7) is 2.66. The molecule has 0 spiro atoms. The molecule has 0 bridgehead atoms. The summed E-state index contributed by atoms with van der Waals surface area (Å²) in [5.41, 5.74) is 4.62. The maximum absolute atomic E-state index is 12.6. The average Bonchev–Trinajstić information content (AvgIpc) is 3.11. The largest absolute Gasteiger partial charge is 0.352 e. The first-order chi connectivity index (χ1) is 12.7. The first kappa shape index (κ1) is 16.9. The molecule has 1 amide bonds. The number of nitrogens with one attached hydrogen (secondary N) is 1. The van der Waals surface area contributed by atoms with Crippen LogP contribution in [0.15, 0.2) is 48.8 Å². The summed E-state index contributed by atoms with van der Waals surface area (Å²) in [6.07, 6.45) is 6.11. The van der Waals surface area contributed by atoms with Gasteiger partial charge in [0.2, 0.25) is 5.91 Å². The van der Waals surface area contributed by atoms with Gasteiger partial charge in [-0.1, -0.05) is 29.8 Å². The van der Waals surface area contributed by atoms with Gasteiger partial charge in [-0.2, -0.15) is 0 Å². The fourth-order valence-corrected chi connectivity index (χ4v) is 4.45. The highest BCUT2D eigenvalue weighted by Gasteiger charge is 2.27. The Balaban J connectivity index is 1.40. The second-order valence-electron chi connectivity index (χ2n) is 6.77. The van der Waals surface area contributed by atoms with Crippen molar-refractivity contribution in [1.82, 2.24) is 15.3 Å². The van der Waals surface area contributed by atoms with Gasteiger partial charge in [-0.15, -0.1) is 11.3 Å². The number of nitrogens with zero attached hydrogens (tertiary/aromatic N) is 2. The van der Waals surface area contributed by atoms with Gasteiger partial charge in [-0.25, -0.2) is 4.98 Å². The third-order valence-electron chi connectivity index (χ3n) is 4.83. The van der Waals surface area contributed by atoms with E-state index in [1.165, 1.54) is 10.4 Å². The molecule has 1 aliphatic carbocycles. The van der Waals surface area contributed by atoms with Crippen molar-refractivity contribution in [2.75, 3.05) is 0 Å². The maximum atomic E-state index is 12.6. The average molecular weight is 363 g/mol. The monoisotopic (exact) mass is 363 g/mol. The number of fused-ring (bicyclic) bond motifs is 1. The highest BCUT2D eigenvalue weighted by Crippen LogP contribution is 2.34. The fourth-order valence-electron chi connectivity index (χ4n) is 3.26. The summed E-state index contributed by atoms with van der Waals surface area (Å²) < 4.78 is 0. The van der Waals surface area contributed by atoms with Crippen molar-refractivity contribution in [1.29, 1.82) is 0 Å². The van der Waals surface area contributed by atoms with E-state index < -0.39 is 0 Å². The van der Waals surface area contributed by atoms with Crippen molar-refractivity contribution < 1.29 is 4.79 Å². The van der Waals surface area contributed by atoms with E-state index >= 15 is 0 Å². The van der Waals surface area contributed by atoms with Crippen molar-refractivity contribution in [3.8, 4) is 10.6 Å². The number of hydrogen-bond acceptors (Lipinski definition) is 4. The zero-order valence-corrected chi connectivity index (χ0v) is 15.6. The number of aromatic nitrogens is 2.